The molecule has 0 nitrogen and oxygen atoms in total. The molecule has 1 heteroatoms. The van der Waals surface area contributed by atoms with Gasteiger partial charge in [-0.3, -0.25) is 0 Å². The molecule has 1 aliphatic carbocycles. The fraction of sp³-hybridized carbons (Fsp3) is 0.579. The first-order valence-electron chi connectivity index (χ1n) is 8.19. The van der Waals surface area contributed by atoms with Crippen molar-refractivity contribution in [2.75, 3.05) is 0 Å². The van der Waals surface area contributed by atoms with Crippen LogP contribution in [0.5, 0.6) is 0 Å². The van der Waals surface area contributed by atoms with Crippen LogP contribution in [-0.4, -0.2) is 0 Å². The van der Waals surface area contributed by atoms with Gasteiger partial charge in [0.15, 0.2) is 0 Å². The van der Waals surface area contributed by atoms with Crippen LogP contribution in [0.3, 0.4) is 0 Å². The van der Waals surface area contributed by atoms with Crippen molar-refractivity contribution in [3.8, 4) is 0 Å². The lowest BCUT2D eigenvalue weighted by molar-refractivity contribution is 0.376. The Morgan fingerprint density at radius 2 is 1.75 bits per heavy atom. The number of aryl methyl sites for hydroxylation is 1. The Kier molecular flexibility index (Phi) is 6.66. The van der Waals surface area contributed by atoms with Crippen LogP contribution in [-0.2, 0) is 6.42 Å². The van der Waals surface area contributed by atoms with Gasteiger partial charge in [0.25, 0.3) is 0 Å². The number of unbranched alkanes of at least 4 members (excludes halogenated alkanes) is 2. The van der Waals surface area contributed by atoms with E-state index < -0.39 is 0 Å². The van der Waals surface area contributed by atoms with Crippen LogP contribution in [0.4, 0.5) is 0 Å². The molecular weight excluding hydrogens is 264 g/mol. The zero-order chi connectivity index (χ0) is 14.2. The van der Waals surface area contributed by atoms with Crippen LogP contribution in [0, 0.1) is 5.92 Å². The summed E-state index contributed by atoms with van der Waals surface area (Å²) in [7, 11) is 0. The molecule has 0 bridgehead atoms. The second-order valence-electron chi connectivity index (χ2n) is 6.13. The van der Waals surface area contributed by atoms with Gasteiger partial charge in [-0.1, -0.05) is 61.7 Å². The zero-order valence-electron chi connectivity index (χ0n) is 12.7. The molecule has 110 valence electrons. The minimum Gasteiger partial charge on any atom is -0.0933 e. The molecule has 0 aromatic heterocycles. The highest BCUT2D eigenvalue weighted by molar-refractivity contribution is 6.25. The summed E-state index contributed by atoms with van der Waals surface area (Å²) < 4.78 is 0. The third kappa shape index (κ3) is 4.66. The van der Waals surface area contributed by atoms with Gasteiger partial charge in [0, 0.05) is 5.54 Å². The molecule has 0 N–H and O–H groups in total. The minimum absolute atomic E-state index is 0.706. The van der Waals surface area contributed by atoms with Crippen LogP contribution in [0.15, 0.2) is 35.9 Å². The van der Waals surface area contributed by atoms with Gasteiger partial charge < -0.3 is 0 Å². The zero-order valence-corrected chi connectivity index (χ0v) is 13.4. The van der Waals surface area contributed by atoms with E-state index in [1.807, 2.05) is 0 Å². The van der Waals surface area contributed by atoms with E-state index in [-0.39, 0.29) is 0 Å². The van der Waals surface area contributed by atoms with E-state index in [2.05, 4.69) is 37.3 Å². The summed E-state index contributed by atoms with van der Waals surface area (Å²) in [6.45, 7) is 2.26. The number of rotatable bonds is 6. The predicted octanol–water partition coefficient (Wildman–Crippen LogP) is 6.45. The number of hydrogen-bond acceptors (Lipinski definition) is 0. The average Bonchev–Trinajstić information content (AvgIpc) is 2.49. The van der Waals surface area contributed by atoms with Gasteiger partial charge in [-0.15, -0.1) is 0 Å². The fourth-order valence-corrected chi connectivity index (χ4v) is 3.49. The number of allylic oxidation sites excluding steroid dienone is 1. The molecule has 1 aliphatic rings. The molecule has 0 amide bonds. The van der Waals surface area contributed by atoms with Crippen LogP contribution in [0.1, 0.15) is 68.9 Å². The third-order valence-corrected chi connectivity index (χ3v) is 4.78. The standard InChI is InChI=1S/C19H27Cl/c1-2-3-4-5-16-6-10-18(11-7-16)19-12-8-17(9-13-19)14-15-20/h6-7,10-11,14-15,17,19H,2-5,8-9,12-13H2,1H3/b15-14+/t17-,19-. The van der Waals surface area contributed by atoms with E-state index >= 15 is 0 Å². The van der Waals surface area contributed by atoms with Crippen molar-refractivity contribution in [2.24, 2.45) is 5.92 Å². The Morgan fingerprint density at radius 3 is 2.35 bits per heavy atom. The molecule has 0 radical (unpaired) electrons. The number of benzene rings is 1. The second kappa shape index (κ2) is 8.52. The molecule has 1 fully saturated rings. The van der Waals surface area contributed by atoms with E-state index in [1.54, 1.807) is 5.54 Å². The smallest absolute Gasteiger partial charge is 0.000525 e. The maximum atomic E-state index is 5.68. The summed E-state index contributed by atoms with van der Waals surface area (Å²) in [5, 5.41) is 0. The number of hydrogen-bond donors (Lipinski definition) is 0. The van der Waals surface area contributed by atoms with Crippen molar-refractivity contribution in [2.45, 2.75) is 64.2 Å². The Labute approximate surface area is 129 Å². The summed E-state index contributed by atoms with van der Waals surface area (Å²) >= 11 is 5.68. The van der Waals surface area contributed by atoms with Gasteiger partial charge >= 0.3 is 0 Å². The van der Waals surface area contributed by atoms with Crippen LogP contribution >= 0.6 is 11.6 Å². The van der Waals surface area contributed by atoms with Crippen molar-refractivity contribution in [1.29, 1.82) is 0 Å². The topological polar surface area (TPSA) is 0 Å². The molecule has 0 heterocycles. The minimum atomic E-state index is 0.706. The van der Waals surface area contributed by atoms with E-state index in [9.17, 15) is 0 Å². The highest BCUT2D eigenvalue weighted by Gasteiger charge is 2.20. The molecule has 1 saturated carbocycles. The molecule has 0 aliphatic heterocycles. The average molecular weight is 291 g/mol. The van der Waals surface area contributed by atoms with E-state index in [4.69, 9.17) is 11.6 Å². The molecule has 0 unspecified atom stereocenters. The highest BCUT2D eigenvalue weighted by atomic mass is 35.5. The van der Waals surface area contributed by atoms with E-state index in [0.29, 0.717) is 5.92 Å². The van der Waals surface area contributed by atoms with Crippen LogP contribution < -0.4 is 0 Å². The van der Waals surface area contributed by atoms with Gasteiger partial charge in [0.05, 0.1) is 0 Å². The molecular formula is C19H27Cl. The first kappa shape index (κ1) is 15.6. The lowest BCUT2D eigenvalue weighted by Crippen LogP contribution is -2.11. The molecule has 1 aromatic rings. The quantitative estimate of drug-likeness (QED) is 0.528. The summed E-state index contributed by atoms with van der Waals surface area (Å²) in [6.07, 6.45) is 12.6. The molecule has 1 aromatic carbocycles. The Balaban J connectivity index is 1.84. The van der Waals surface area contributed by atoms with Crippen molar-refractivity contribution in [1.82, 2.24) is 0 Å². The van der Waals surface area contributed by atoms with Crippen LogP contribution in [0.25, 0.3) is 0 Å². The summed E-state index contributed by atoms with van der Waals surface area (Å²) in [5.41, 5.74) is 4.73. The van der Waals surface area contributed by atoms with Gasteiger partial charge in [0.1, 0.15) is 0 Å². The Bertz CT molecular complexity index is 396. The first-order valence-corrected chi connectivity index (χ1v) is 8.63. The monoisotopic (exact) mass is 290 g/mol. The highest BCUT2D eigenvalue weighted by Crippen LogP contribution is 2.36. The second-order valence-corrected chi connectivity index (χ2v) is 6.38. The Hall–Kier alpha value is -0.750. The van der Waals surface area contributed by atoms with Crippen molar-refractivity contribution >= 4 is 11.6 Å². The summed E-state index contributed by atoms with van der Waals surface area (Å²) in [6, 6.07) is 9.42. The van der Waals surface area contributed by atoms with Gasteiger partial charge in [-0.2, -0.15) is 0 Å². The molecule has 2 rings (SSSR count). The van der Waals surface area contributed by atoms with Gasteiger partial charge in [0.2, 0.25) is 0 Å². The summed E-state index contributed by atoms with van der Waals surface area (Å²) in [4.78, 5) is 0. The largest absolute Gasteiger partial charge is 0.0933 e. The lowest BCUT2D eigenvalue weighted by Gasteiger charge is -2.27. The Morgan fingerprint density at radius 1 is 1.05 bits per heavy atom. The summed E-state index contributed by atoms with van der Waals surface area (Å²) in [5.74, 6) is 1.47. The van der Waals surface area contributed by atoms with Gasteiger partial charge in [-0.05, 0) is 61.5 Å². The van der Waals surface area contributed by atoms with Crippen molar-refractivity contribution < 1.29 is 0 Å². The van der Waals surface area contributed by atoms with E-state index in [0.717, 1.165) is 5.92 Å². The van der Waals surface area contributed by atoms with Crippen molar-refractivity contribution in [3.05, 3.63) is 47.0 Å². The maximum absolute atomic E-state index is 5.68. The molecule has 20 heavy (non-hydrogen) atoms. The molecule has 0 spiro atoms. The van der Waals surface area contributed by atoms with Crippen molar-refractivity contribution in [3.63, 3.8) is 0 Å². The van der Waals surface area contributed by atoms with Crippen LogP contribution in [0.2, 0.25) is 0 Å². The third-order valence-electron chi connectivity index (χ3n) is 4.64. The number of halogens is 1. The molecule has 0 saturated heterocycles. The SMILES string of the molecule is CCCCCc1ccc([C@H]2CC[C@H](/C=C/Cl)CC2)cc1. The van der Waals surface area contributed by atoms with Gasteiger partial charge in [-0.25, -0.2) is 0 Å². The maximum Gasteiger partial charge on any atom is 0.000525 e. The van der Waals surface area contributed by atoms with E-state index in [1.165, 1.54) is 62.5 Å². The first-order chi connectivity index (χ1) is 9.83. The fourth-order valence-electron chi connectivity index (χ4n) is 3.28. The normalized spacial score (nSPS) is 23.3. The lowest BCUT2D eigenvalue weighted by atomic mass is 9.78. The predicted molar refractivity (Wildman–Crippen MR) is 89.4 cm³/mol. The molecule has 0 atom stereocenters.